The third-order valence-corrected chi connectivity index (χ3v) is 4.13. The second-order valence-electron chi connectivity index (χ2n) is 4.56. The van der Waals surface area contributed by atoms with Gasteiger partial charge in [-0.2, -0.15) is 0 Å². The lowest BCUT2D eigenvalue weighted by Gasteiger charge is -2.27. The van der Waals surface area contributed by atoms with Gasteiger partial charge in [0.2, 0.25) is 0 Å². The predicted octanol–water partition coefficient (Wildman–Crippen LogP) is 2.67. The summed E-state index contributed by atoms with van der Waals surface area (Å²) in [5.41, 5.74) is 1.48. The van der Waals surface area contributed by atoms with E-state index in [2.05, 4.69) is 15.6 Å². The van der Waals surface area contributed by atoms with Crippen LogP contribution in [-0.2, 0) is 0 Å². The highest BCUT2D eigenvalue weighted by molar-refractivity contribution is 7.98. The van der Waals surface area contributed by atoms with Gasteiger partial charge in [-0.1, -0.05) is 6.07 Å². The Morgan fingerprint density at radius 1 is 1.29 bits per heavy atom. The molecule has 0 bridgehead atoms. The van der Waals surface area contributed by atoms with Gasteiger partial charge in [0.05, 0.1) is 12.7 Å². The molecule has 0 aliphatic carbocycles. The summed E-state index contributed by atoms with van der Waals surface area (Å²) in [7, 11) is 1.64. The smallest absolute Gasteiger partial charge is 0.256 e. The number of amides is 1. The van der Waals surface area contributed by atoms with Crippen LogP contribution in [0.15, 0.2) is 41.4 Å². The molecule has 0 radical (unpaired) electrons. The van der Waals surface area contributed by atoms with Gasteiger partial charge in [0, 0.05) is 11.1 Å². The number of pyridine rings is 1. The quantitative estimate of drug-likeness (QED) is 0.853. The zero-order valence-electron chi connectivity index (χ0n) is 11.7. The third kappa shape index (κ3) is 2.54. The van der Waals surface area contributed by atoms with Gasteiger partial charge >= 0.3 is 0 Å². The molecule has 3 rings (SSSR count). The van der Waals surface area contributed by atoms with Gasteiger partial charge in [-0.25, -0.2) is 4.98 Å². The summed E-state index contributed by atoms with van der Waals surface area (Å²) in [6, 6.07) is 9.38. The highest BCUT2D eigenvalue weighted by atomic mass is 32.2. The second kappa shape index (κ2) is 5.65. The van der Waals surface area contributed by atoms with Crippen molar-refractivity contribution in [3.05, 3.63) is 47.7 Å². The molecule has 0 saturated heterocycles. The zero-order valence-corrected chi connectivity index (χ0v) is 12.5. The Morgan fingerprint density at radius 2 is 2.14 bits per heavy atom. The highest BCUT2D eigenvalue weighted by Gasteiger charge is 2.25. The van der Waals surface area contributed by atoms with Gasteiger partial charge in [0.15, 0.2) is 0 Å². The lowest BCUT2D eigenvalue weighted by molar-refractivity contribution is 0.0935. The van der Waals surface area contributed by atoms with Crippen LogP contribution in [0.2, 0.25) is 0 Å². The number of hydrogen-bond donors (Lipinski definition) is 2. The van der Waals surface area contributed by atoms with Crippen LogP contribution in [0.25, 0.3) is 0 Å². The van der Waals surface area contributed by atoms with E-state index >= 15 is 0 Å². The zero-order chi connectivity index (χ0) is 14.8. The maximum Gasteiger partial charge on any atom is 0.256 e. The number of carbonyl (C=O) groups excluding carboxylic acids is 1. The number of aromatic nitrogens is 1. The van der Waals surface area contributed by atoms with Crippen molar-refractivity contribution in [2.24, 2.45) is 0 Å². The number of fused-ring (bicyclic) bond motifs is 1. The van der Waals surface area contributed by atoms with Crippen LogP contribution in [0.4, 0.5) is 5.82 Å². The molecule has 1 unspecified atom stereocenters. The molecular weight excluding hydrogens is 286 g/mol. The molecule has 1 amide bonds. The fourth-order valence-corrected chi connectivity index (χ4v) is 2.83. The van der Waals surface area contributed by atoms with Gasteiger partial charge < -0.3 is 15.4 Å². The molecule has 108 valence electrons. The Kier molecular flexibility index (Phi) is 3.70. The Balaban J connectivity index is 1.94. The second-order valence-corrected chi connectivity index (χ2v) is 5.41. The van der Waals surface area contributed by atoms with Gasteiger partial charge in [-0.05, 0) is 36.1 Å². The first kappa shape index (κ1) is 13.8. The van der Waals surface area contributed by atoms with Crippen molar-refractivity contribution in [3.63, 3.8) is 0 Å². The van der Waals surface area contributed by atoms with E-state index in [9.17, 15) is 4.79 Å². The topological polar surface area (TPSA) is 63.2 Å². The van der Waals surface area contributed by atoms with Gasteiger partial charge in [-0.3, -0.25) is 4.79 Å². The molecule has 2 aromatic rings. The van der Waals surface area contributed by atoms with E-state index in [0.29, 0.717) is 11.4 Å². The van der Waals surface area contributed by atoms with Crippen LogP contribution < -0.4 is 15.4 Å². The largest absolute Gasteiger partial charge is 0.496 e. The lowest BCUT2D eigenvalue weighted by Crippen LogP contribution is -2.38. The summed E-state index contributed by atoms with van der Waals surface area (Å²) in [5.74, 6) is 1.26. The van der Waals surface area contributed by atoms with Crippen LogP contribution in [0.5, 0.6) is 5.75 Å². The van der Waals surface area contributed by atoms with Crippen molar-refractivity contribution >= 4 is 23.5 Å². The minimum Gasteiger partial charge on any atom is -0.496 e. The molecule has 0 saturated carbocycles. The molecule has 1 aromatic heterocycles. The average Bonchev–Trinajstić information content (AvgIpc) is 2.54. The third-order valence-electron chi connectivity index (χ3n) is 3.35. The van der Waals surface area contributed by atoms with E-state index in [1.807, 2.05) is 24.5 Å². The number of rotatable bonds is 3. The molecule has 1 aromatic carbocycles. The van der Waals surface area contributed by atoms with Gasteiger partial charge in [0.1, 0.15) is 17.7 Å². The van der Waals surface area contributed by atoms with E-state index in [1.165, 1.54) is 0 Å². The number of methoxy groups -OCH3 is 1. The lowest BCUT2D eigenvalue weighted by atomic mass is 10.1. The van der Waals surface area contributed by atoms with Crippen LogP contribution in [0.1, 0.15) is 22.1 Å². The summed E-state index contributed by atoms with van der Waals surface area (Å²) in [5, 5.41) is 6.15. The summed E-state index contributed by atoms with van der Waals surface area (Å²) in [4.78, 5) is 17.4. The van der Waals surface area contributed by atoms with Crippen molar-refractivity contribution < 1.29 is 9.53 Å². The fourth-order valence-electron chi connectivity index (χ4n) is 2.28. The normalized spacial score (nSPS) is 16.7. The standard InChI is InChI=1S/C15H15N3O2S/c1-20-11-8-9(5-6-12(11)21-2)13-17-14-10(15(19)18-13)4-3-7-16-14/h3-8,13H,1-2H3,(H,16,17)(H,18,19). The minimum atomic E-state index is -0.315. The van der Waals surface area contributed by atoms with Crippen LogP contribution in [-0.4, -0.2) is 24.3 Å². The van der Waals surface area contributed by atoms with Crippen molar-refractivity contribution in [3.8, 4) is 5.75 Å². The summed E-state index contributed by atoms with van der Waals surface area (Å²) < 4.78 is 5.39. The molecule has 0 fully saturated rings. The molecule has 1 atom stereocenters. The van der Waals surface area contributed by atoms with Gasteiger partial charge in [0.25, 0.3) is 5.91 Å². The molecule has 5 nitrogen and oxygen atoms in total. The van der Waals surface area contributed by atoms with E-state index in [0.717, 1.165) is 16.2 Å². The molecule has 0 spiro atoms. The molecule has 2 N–H and O–H groups in total. The summed E-state index contributed by atoms with van der Waals surface area (Å²) in [6.45, 7) is 0. The van der Waals surface area contributed by atoms with Crippen LogP contribution >= 0.6 is 11.8 Å². The van der Waals surface area contributed by atoms with Crippen molar-refractivity contribution in [2.75, 3.05) is 18.7 Å². The molecular formula is C15H15N3O2S. The Bertz CT molecular complexity index is 690. The molecule has 21 heavy (non-hydrogen) atoms. The van der Waals surface area contributed by atoms with Crippen molar-refractivity contribution in [1.82, 2.24) is 10.3 Å². The van der Waals surface area contributed by atoms with Crippen molar-refractivity contribution in [2.45, 2.75) is 11.1 Å². The maximum atomic E-state index is 12.1. The Hall–Kier alpha value is -2.21. The SMILES string of the molecule is COc1cc(C2NC(=O)c3cccnc3N2)ccc1SC. The number of ether oxygens (including phenoxy) is 1. The number of anilines is 1. The first-order chi connectivity index (χ1) is 10.2. The molecule has 1 aliphatic heterocycles. The van der Waals surface area contributed by atoms with E-state index in [1.54, 1.807) is 37.2 Å². The average molecular weight is 301 g/mol. The molecule has 6 heteroatoms. The summed E-state index contributed by atoms with van der Waals surface area (Å²) in [6.07, 6.45) is 3.35. The number of benzene rings is 1. The predicted molar refractivity (Wildman–Crippen MR) is 82.8 cm³/mol. The number of nitrogens with zero attached hydrogens (tertiary/aromatic N) is 1. The van der Waals surface area contributed by atoms with E-state index in [-0.39, 0.29) is 12.1 Å². The fraction of sp³-hybridized carbons (Fsp3) is 0.200. The Labute approximate surface area is 127 Å². The van der Waals surface area contributed by atoms with Crippen molar-refractivity contribution in [1.29, 1.82) is 0 Å². The van der Waals surface area contributed by atoms with Crippen LogP contribution in [0, 0.1) is 0 Å². The molecule has 2 heterocycles. The number of hydrogen-bond acceptors (Lipinski definition) is 5. The van der Waals surface area contributed by atoms with E-state index in [4.69, 9.17) is 4.74 Å². The number of nitrogens with one attached hydrogen (secondary N) is 2. The summed E-state index contributed by atoms with van der Waals surface area (Å²) >= 11 is 1.62. The van der Waals surface area contributed by atoms with Gasteiger partial charge in [-0.15, -0.1) is 11.8 Å². The molecule has 1 aliphatic rings. The Morgan fingerprint density at radius 3 is 2.90 bits per heavy atom. The van der Waals surface area contributed by atoms with E-state index < -0.39 is 0 Å². The first-order valence-corrected chi connectivity index (χ1v) is 7.69. The monoisotopic (exact) mass is 301 g/mol. The number of thioether (sulfide) groups is 1. The minimum absolute atomic E-state index is 0.130. The number of carbonyl (C=O) groups is 1. The highest BCUT2D eigenvalue weighted by Crippen LogP contribution is 2.32. The van der Waals surface area contributed by atoms with Crippen LogP contribution in [0.3, 0.4) is 0 Å². The first-order valence-electron chi connectivity index (χ1n) is 6.47. The maximum absolute atomic E-state index is 12.1.